The van der Waals surface area contributed by atoms with Crippen molar-refractivity contribution >= 4 is 17.1 Å². The van der Waals surface area contributed by atoms with Crippen molar-refractivity contribution in [3.05, 3.63) is 72.9 Å². The van der Waals surface area contributed by atoms with Gasteiger partial charge >= 0.3 is 11.2 Å². The van der Waals surface area contributed by atoms with Crippen LogP contribution in [-0.4, -0.2) is 25.0 Å². The number of hydrogen-bond donors (Lipinski definition) is 0. The summed E-state index contributed by atoms with van der Waals surface area (Å²) in [5, 5.41) is 22.2. The van der Waals surface area contributed by atoms with Gasteiger partial charge in [0.1, 0.15) is 17.4 Å². The molecule has 0 radical (unpaired) electrons. The average molecular weight is 344 g/mol. The average Bonchev–Trinajstić information content (AvgIpc) is 2.53. The molecule has 25 heavy (non-hydrogen) atoms. The van der Waals surface area contributed by atoms with Crippen LogP contribution in [0.15, 0.2) is 41.6 Å². The molecule has 0 bridgehead atoms. The third-order valence-corrected chi connectivity index (χ3v) is 3.57. The van der Waals surface area contributed by atoms with Crippen molar-refractivity contribution < 1.29 is 14.6 Å². The van der Waals surface area contributed by atoms with Gasteiger partial charge in [-0.15, -0.1) is 0 Å². The van der Waals surface area contributed by atoms with Gasteiger partial charge in [-0.25, -0.2) is 0 Å². The lowest BCUT2D eigenvalue weighted by molar-refractivity contribution is -0.395. The van der Waals surface area contributed by atoms with Crippen LogP contribution in [0.25, 0.3) is 5.70 Å². The van der Waals surface area contributed by atoms with E-state index in [4.69, 9.17) is 4.74 Å². The molecule has 10 heteroatoms. The summed E-state index contributed by atoms with van der Waals surface area (Å²) >= 11 is 0. The topological polar surface area (TPSA) is 130 Å². The van der Waals surface area contributed by atoms with Gasteiger partial charge in [0.25, 0.3) is 5.69 Å². The molecule has 0 saturated heterocycles. The Bertz CT molecular complexity index is 992. The van der Waals surface area contributed by atoms with Crippen LogP contribution in [0.3, 0.4) is 0 Å². The maximum Gasteiger partial charge on any atom is 0.341 e. The second-order valence-electron chi connectivity index (χ2n) is 5.88. The minimum atomic E-state index is -0.977. The number of pyridine rings is 2. The molecular formula is C15H12N4O6. The molecule has 128 valence electrons. The Hall–Kier alpha value is -3.56. The summed E-state index contributed by atoms with van der Waals surface area (Å²) in [6.45, 7) is 3.46. The van der Waals surface area contributed by atoms with Crippen LogP contribution in [0.4, 0.5) is 11.4 Å². The highest BCUT2D eigenvalue weighted by atomic mass is 16.6. The fourth-order valence-corrected chi connectivity index (χ4v) is 2.55. The number of aromatic nitrogens is 2. The van der Waals surface area contributed by atoms with Gasteiger partial charge in [-0.05, 0) is 26.0 Å². The highest BCUT2D eigenvalue weighted by molar-refractivity contribution is 5.73. The predicted octanol–water partition coefficient (Wildman–Crippen LogP) is 2.12. The Morgan fingerprint density at radius 1 is 1.24 bits per heavy atom. The standard InChI is InChI=1S/C15H12N4O6/c1-15(2)6-12(10-7-16-4-3-13(10)25-15)17-8-9(18(21)22)5-11(14(17)20)19(23)24/h3-8H,1-2H3. The molecule has 0 unspecified atom stereocenters. The van der Waals surface area contributed by atoms with Gasteiger partial charge < -0.3 is 4.74 Å². The smallest absolute Gasteiger partial charge is 0.341 e. The molecule has 2 aromatic heterocycles. The van der Waals surface area contributed by atoms with E-state index in [-0.39, 0.29) is 5.70 Å². The molecule has 0 atom stereocenters. The lowest BCUT2D eigenvalue weighted by Crippen LogP contribution is -2.32. The van der Waals surface area contributed by atoms with E-state index in [9.17, 15) is 25.0 Å². The second kappa shape index (κ2) is 5.51. The molecule has 3 heterocycles. The van der Waals surface area contributed by atoms with Crippen molar-refractivity contribution in [3.63, 3.8) is 0 Å². The molecule has 3 rings (SSSR count). The Labute approximate surface area is 140 Å². The number of nitro groups is 2. The maximum absolute atomic E-state index is 12.5. The number of ether oxygens (including phenoxy) is 1. The van der Waals surface area contributed by atoms with Gasteiger partial charge in [0, 0.05) is 12.4 Å². The summed E-state index contributed by atoms with van der Waals surface area (Å²) < 4.78 is 6.66. The van der Waals surface area contributed by atoms with Gasteiger partial charge in [0.05, 0.1) is 27.3 Å². The van der Waals surface area contributed by atoms with E-state index in [1.807, 2.05) is 0 Å². The zero-order chi connectivity index (χ0) is 18.4. The molecule has 2 aromatic rings. The van der Waals surface area contributed by atoms with Crippen molar-refractivity contribution in [2.24, 2.45) is 0 Å². The summed E-state index contributed by atoms with van der Waals surface area (Å²) in [7, 11) is 0. The predicted molar refractivity (Wildman–Crippen MR) is 86.3 cm³/mol. The number of rotatable bonds is 3. The zero-order valence-electron chi connectivity index (χ0n) is 13.2. The van der Waals surface area contributed by atoms with Gasteiger partial charge in [-0.1, -0.05) is 0 Å². The molecular weight excluding hydrogens is 332 g/mol. The Kier molecular flexibility index (Phi) is 3.59. The third-order valence-electron chi connectivity index (χ3n) is 3.57. The molecule has 0 N–H and O–H groups in total. The minimum absolute atomic E-state index is 0.233. The van der Waals surface area contributed by atoms with Crippen LogP contribution in [0, 0.1) is 20.2 Å². The Balaban J connectivity index is 2.35. The zero-order valence-corrected chi connectivity index (χ0v) is 13.2. The highest BCUT2D eigenvalue weighted by Gasteiger charge is 2.31. The summed E-state index contributed by atoms with van der Waals surface area (Å²) in [5.41, 5.74) is -2.63. The van der Waals surface area contributed by atoms with Crippen molar-refractivity contribution in [1.29, 1.82) is 0 Å². The van der Waals surface area contributed by atoms with E-state index in [1.54, 1.807) is 26.0 Å². The summed E-state index contributed by atoms with van der Waals surface area (Å²) in [6, 6.07) is 2.23. The van der Waals surface area contributed by atoms with E-state index < -0.39 is 32.4 Å². The fraction of sp³-hybridized carbons (Fsp3) is 0.200. The molecule has 1 aliphatic rings. The van der Waals surface area contributed by atoms with Crippen molar-refractivity contribution in [2.75, 3.05) is 0 Å². The quantitative estimate of drug-likeness (QED) is 0.615. The molecule has 0 spiro atoms. The second-order valence-corrected chi connectivity index (χ2v) is 5.88. The summed E-state index contributed by atoms with van der Waals surface area (Å²) in [6.07, 6.45) is 5.44. The van der Waals surface area contributed by atoms with E-state index >= 15 is 0 Å². The van der Waals surface area contributed by atoms with Crippen LogP contribution in [0.2, 0.25) is 0 Å². The van der Waals surface area contributed by atoms with Crippen LogP contribution in [0.5, 0.6) is 5.75 Å². The SMILES string of the molecule is CC1(C)C=C(n2cc([N+](=O)[O-])cc([N+](=O)[O-])c2=O)c2cnccc2O1. The molecule has 0 aliphatic carbocycles. The lowest BCUT2D eigenvalue weighted by atomic mass is 10.0. The molecule has 0 fully saturated rings. The first-order valence-electron chi connectivity index (χ1n) is 7.12. The van der Waals surface area contributed by atoms with Crippen LogP contribution in [0.1, 0.15) is 19.4 Å². The molecule has 0 aromatic carbocycles. The molecule has 1 aliphatic heterocycles. The van der Waals surface area contributed by atoms with Gasteiger partial charge in [-0.2, -0.15) is 0 Å². The monoisotopic (exact) mass is 344 g/mol. The molecule has 0 saturated carbocycles. The van der Waals surface area contributed by atoms with E-state index in [2.05, 4.69) is 4.98 Å². The highest BCUT2D eigenvalue weighted by Crippen LogP contribution is 2.36. The van der Waals surface area contributed by atoms with Gasteiger partial charge in [0.15, 0.2) is 0 Å². The lowest BCUT2D eigenvalue weighted by Gasteiger charge is -2.31. The van der Waals surface area contributed by atoms with Crippen LogP contribution < -0.4 is 10.3 Å². The normalized spacial score (nSPS) is 14.9. The van der Waals surface area contributed by atoms with E-state index in [1.165, 1.54) is 12.4 Å². The third kappa shape index (κ3) is 2.84. The fourth-order valence-electron chi connectivity index (χ4n) is 2.55. The number of nitrogens with zero attached hydrogens (tertiary/aromatic N) is 4. The first-order chi connectivity index (χ1) is 11.7. The summed E-state index contributed by atoms with van der Waals surface area (Å²) in [4.78, 5) is 37.0. The van der Waals surface area contributed by atoms with E-state index in [0.717, 1.165) is 10.8 Å². The summed E-state index contributed by atoms with van der Waals surface area (Å²) in [5.74, 6) is 0.415. The molecule has 0 amide bonds. The van der Waals surface area contributed by atoms with E-state index in [0.29, 0.717) is 17.4 Å². The maximum atomic E-state index is 12.5. The Morgan fingerprint density at radius 2 is 1.96 bits per heavy atom. The number of fused-ring (bicyclic) bond motifs is 1. The molecule has 10 nitrogen and oxygen atoms in total. The van der Waals surface area contributed by atoms with Crippen LogP contribution in [-0.2, 0) is 0 Å². The van der Waals surface area contributed by atoms with Gasteiger partial charge in [-0.3, -0.25) is 34.6 Å². The van der Waals surface area contributed by atoms with Crippen molar-refractivity contribution in [3.8, 4) is 5.75 Å². The Morgan fingerprint density at radius 3 is 2.60 bits per heavy atom. The largest absolute Gasteiger partial charge is 0.483 e. The number of hydrogen-bond acceptors (Lipinski definition) is 7. The minimum Gasteiger partial charge on any atom is -0.483 e. The van der Waals surface area contributed by atoms with Crippen molar-refractivity contribution in [1.82, 2.24) is 9.55 Å². The van der Waals surface area contributed by atoms with Crippen molar-refractivity contribution in [2.45, 2.75) is 19.4 Å². The first kappa shape index (κ1) is 16.3. The van der Waals surface area contributed by atoms with Crippen LogP contribution >= 0.6 is 0 Å². The van der Waals surface area contributed by atoms with Gasteiger partial charge in [0.2, 0.25) is 0 Å². The first-order valence-corrected chi connectivity index (χ1v) is 7.12.